The highest BCUT2D eigenvalue weighted by molar-refractivity contribution is 6.22. The Kier molecular flexibility index (Phi) is 4.83. The molecule has 8 rings (SSSR count). The van der Waals surface area contributed by atoms with E-state index in [4.69, 9.17) is 9.47 Å². The fourth-order valence-corrected chi connectivity index (χ4v) is 6.95. The van der Waals surface area contributed by atoms with E-state index in [2.05, 4.69) is 12.2 Å². The maximum Gasteiger partial charge on any atom is 0.316 e. The average Bonchev–Trinajstić information content (AvgIpc) is 3.60. The van der Waals surface area contributed by atoms with Gasteiger partial charge in [-0.25, -0.2) is 0 Å². The number of methoxy groups -OCH3 is 1. The molecule has 2 aromatic carbocycles. The van der Waals surface area contributed by atoms with Gasteiger partial charge in [-0.15, -0.1) is 0 Å². The Hall–Kier alpha value is -3.94. The van der Waals surface area contributed by atoms with Crippen molar-refractivity contribution in [3.05, 3.63) is 60.7 Å². The zero-order chi connectivity index (χ0) is 25.4. The molecule has 2 saturated carbocycles. The molecule has 2 heterocycles. The van der Waals surface area contributed by atoms with Crippen molar-refractivity contribution in [1.29, 1.82) is 0 Å². The number of anilines is 2. The first kappa shape index (κ1) is 22.3. The number of nitrogens with zero attached hydrogens (tertiary/aromatic N) is 2. The monoisotopic (exact) mass is 498 g/mol. The van der Waals surface area contributed by atoms with Crippen LogP contribution in [0.1, 0.15) is 12.8 Å². The molecule has 2 aliphatic heterocycles. The molecular weight excluding hydrogens is 472 g/mol. The molecule has 6 aliphatic rings. The largest absolute Gasteiger partial charge is 0.497 e. The quantitative estimate of drug-likeness (QED) is 0.272. The zero-order valence-corrected chi connectivity index (χ0v) is 20.3. The lowest BCUT2D eigenvalue weighted by atomic mass is 9.63. The minimum atomic E-state index is -0.589. The zero-order valence-electron chi connectivity index (χ0n) is 20.3. The van der Waals surface area contributed by atoms with E-state index in [1.165, 1.54) is 4.90 Å². The molecule has 2 saturated heterocycles. The van der Waals surface area contributed by atoms with Gasteiger partial charge in [0.1, 0.15) is 11.5 Å². The molecule has 2 bridgehead atoms. The van der Waals surface area contributed by atoms with Crippen molar-refractivity contribution in [3.63, 3.8) is 0 Å². The van der Waals surface area contributed by atoms with Crippen molar-refractivity contribution < 1.29 is 28.7 Å². The van der Waals surface area contributed by atoms with Crippen molar-refractivity contribution in [2.24, 2.45) is 41.4 Å². The summed E-state index contributed by atoms with van der Waals surface area (Å²) in [6, 6.07) is 13.6. The third-order valence-electron chi connectivity index (χ3n) is 8.82. The van der Waals surface area contributed by atoms with E-state index in [-0.39, 0.29) is 54.4 Å². The first-order valence-corrected chi connectivity index (χ1v) is 12.8. The van der Waals surface area contributed by atoms with Crippen molar-refractivity contribution in [3.8, 4) is 11.5 Å². The minimum absolute atomic E-state index is 0.0703. The van der Waals surface area contributed by atoms with E-state index in [9.17, 15) is 19.2 Å². The summed E-state index contributed by atoms with van der Waals surface area (Å²) >= 11 is 0. The summed E-state index contributed by atoms with van der Waals surface area (Å²) in [5.41, 5.74) is 1.20. The lowest BCUT2D eigenvalue weighted by Crippen LogP contribution is -2.40. The summed E-state index contributed by atoms with van der Waals surface area (Å²) in [7, 11) is 1.57. The summed E-state index contributed by atoms with van der Waals surface area (Å²) in [4.78, 5) is 54.9. The minimum Gasteiger partial charge on any atom is -0.497 e. The van der Waals surface area contributed by atoms with Gasteiger partial charge in [0, 0.05) is 18.7 Å². The molecule has 0 N–H and O–H groups in total. The molecule has 0 unspecified atom stereocenters. The van der Waals surface area contributed by atoms with Gasteiger partial charge in [0.2, 0.25) is 17.7 Å². The van der Waals surface area contributed by atoms with Crippen molar-refractivity contribution >= 4 is 35.1 Å². The van der Waals surface area contributed by atoms with E-state index < -0.39 is 11.9 Å². The Morgan fingerprint density at radius 1 is 0.811 bits per heavy atom. The third-order valence-corrected chi connectivity index (χ3v) is 8.82. The molecule has 7 atom stereocenters. The Morgan fingerprint density at radius 3 is 1.97 bits per heavy atom. The van der Waals surface area contributed by atoms with Crippen LogP contribution in [0.15, 0.2) is 60.7 Å². The maximum atomic E-state index is 13.3. The second-order valence-electron chi connectivity index (χ2n) is 10.7. The highest BCUT2D eigenvalue weighted by atomic mass is 16.5. The second kappa shape index (κ2) is 8.03. The molecule has 0 spiro atoms. The standard InChI is InChI=1S/C29H26N2O6/c1-36-18-6-2-16(3-7-18)30-14-15(12-24(30)32)29(35)37-19-8-4-17(5-9-19)31-27(33)25-20-10-11-21(23-13-22(20)23)26(25)28(31)34/h2-11,15,20-23,25-26H,12-14H2,1H3/t15-,20+,21+,22-,23+,25-,26-/m1/s1. The van der Waals surface area contributed by atoms with Crippen LogP contribution in [0.3, 0.4) is 0 Å². The van der Waals surface area contributed by atoms with Crippen LogP contribution in [0.4, 0.5) is 11.4 Å². The molecule has 37 heavy (non-hydrogen) atoms. The number of hydrogen-bond acceptors (Lipinski definition) is 6. The topological polar surface area (TPSA) is 93.2 Å². The smallest absolute Gasteiger partial charge is 0.316 e. The number of rotatable bonds is 5. The average molecular weight is 499 g/mol. The van der Waals surface area contributed by atoms with E-state index in [1.807, 2.05) is 0 Å². The van der Waals surface area contributed by atoms with Crippen LogP contribution in [0.5, 0.6) is 11.5 Å². The molecular formula is C29H26N2O6. The predicted octanol–water partition coefficient (Wildman–Crippen LogP) is 3.21. The second-order valence-corrected chi connectivity index (χ2v) is 10.7. The van der Waals surface area contributed by atoms with E-state index in [0.717, 1.165) is 6.42 Å². The SMILES string of the molecule is COc1ccc(N2C[C@H](C(=O)Oc3ccc(N4C(=O)[C@@H]5[C@H]6C=C[C@@H]([C@@H]7C[C@H]67)[C@H]5C4=O)cc3)CC2=O)cc1. The van der Waals surface area contributed by atoms with Crippen LogP contribution in [0, 0.1) is 41.4 Å². The van der Waals surface area contributed by atoms with Gasteiger partial charge in [0.05, 0.1) is 30.6 Å². The maximum absolute atomic E-state index is 13.3. The number of allylic oxidation sites excluding steroid dienone is 2. The highest BCUT2D eigenvalue weighted by Crippen LogP contribution is 2.65. The van der Waals surface area contributed by atoms with Crippen LogP contribution in [0.2, 0.25) is 0 Å². The predicted molar refractivity (Wildman–Crippen MR) is 133 cm³/mol. The molecule has 0 radical (unpaired) electrons. The molecule has 3 amide bonds. The van der Waals surface area contributed by atoms with Gasteiger partial charge in [-0.2, -0.15) is 0 Å². The molecule has 2 aromatic rings. The summed E-state index contributed by atoms with van der Waals surface area (Å²) in [5.74, 6) is 0.491. The number of benzene rings is 2. The molecule has 0 aromatic heterocycles. The van der Waals surface area contributed by atoms with Crippen LogP contribution in [0.25, 0.3) is 0 Å². The number of imide groups is 1. The fourth-order valence-electron chi connectivity index (χ4n) is 6.95. The first-order valence-electron chi connectivity index (χ1n) is 12.8. The summed E-state index contributed by atoms with van der Waals surface area (Å²) < 4.78 is 10.7. The van der Waals surface area contributed by atoms with Crippen LogP contribution in [-0.4, -0.2) is 37.3 Å². The van der Waals surface area contributed by atoms with Crippen molar-refractivity contribution in [2.45, 2.75) is 12.8 Å². The summed E-state index contributed by atoms with van der Waals surface area (Å²) in [5, 5.41) is 0. The molecule has 8 heteroatoms. The third kappa shape index (κ3) is 3.35. The summed E-state index contributed by atoms with van der Waals surface area (Å²) in [6.45, 7) is 0.236. The molecule has 8 nitrogen and oxygen atoms in total. The first-order chi connectivity index (χ1) is 17.9. The number of amides is 3. The molecule has 4 aliphatic carbocycles. The van der Waals surface area contributed by atoms with Gasteiger partial charge in [0.15, 0.2) is 0 Å². The van der Waals surface area contributed by atoms with E-state index in [1.54, 1.807) is 60.5 Å². The Balaban J connectivity index is 1.02. The lowest BCUT2D eigenvalue weighted by molar-refractivity contribution is -0.139. The van der Waals surface area contributed by atoms with Gasteiger partial charge < -0.3 is 14.4 Å². The number of carbonyl (C=O) groups is 4. The molecule has 188 valence electrons. The van der Waals surface area contributed by atoms with E-state index in [0.29, 0.717) is 34.7 Å². The van der Waals surface area contributed by atoms with Gasteiger partial charge in [-0.1, -0.05) is 12.2 Å². The molecule has 4 fully saturated rings. The highest BCUT2D eigenvalue weighted by Gasteiger charge is 2.67. The van der Waals surface area contributed by atoms with Crippen molar-refractivity contribution in [1.82, 2.24) is 0 Å². The number of hydrogen-bond donors (Lipinski definition) is 0. The summed E-state index contributed by atoms with van der Waals surface area (Å²) in [6.07, 6.45) is 5.50. The lowest BCUT2D eigenvalue weighted by Gasteiger charge is -2.37. The van der Waals surface area contributed by atoms with E-state index >= 15 is 0 Å². The van der Waals surface area contributed by atoms with Crippen LogP contribution >= 0.6 is 0 Å². The van der Waals surface area contributed by atoms with Gasteiger partial charge in [0.25, 0.3) is 0 Å². The Labute approximate surface area is 213 Å². The van der Waals surface area contributed by atoms with Gasteiger partial charge in [-0.3, -0.25) is 24.1 Å². The number of ether oxygens (including phenoxy) is 2. The van der Waals surface area contributed by atoms with Gasteiger partial charge >= 0.3 is 5.97 Å². The number of esters is 1. The van der Waals surface area contributed by atoms with Gasteiger partial charge in [-0.05, 0) is 78.6 Å². The Morgan fingerprint density at radius 2 is 1.38 bits per heavy atom. The fraction of sp³-hybridized carbons (Fsp3) is 0.379. The van der Waals surface area contributed by atoms with Crippen molar-refractivity contribution in [2.75, 3.05) is 23.5 Å². The Bertz CT molecular complexity index is 1310. The number of carbonyl (C=O) groups excluding carboxylic acids is 4. The van der Waals surface area contributed by atoms with Crippen LogP contribution < -0.4 is 19.3 Å². The van der Waals surface area contributed by atoms with Crippen LogP contribution in [-0.2, 0) is 19.2 Å². The normalized spacial score (nSPS) is 33.0.